The van der Waals surface area contributed by atoms with Crippen LogP contribution in [0.3, 0.4) is 0 Å². The highest BCUT2D eigenvalue weighted by atomic mass is 35.5. The summed E-state index contributed by atoms with van der Waals surface area (Å²) in [4.78, 5) is 65.3. The molecule has 2 atom stereocenters. The summed E-state index contributed by atoms with van der Waals surface area (Å²) < 4.78 is 5.97. The molecule has 14 heteroatoms. The summed E-state index contributed by atoms with van der Waals surface area (Å²) in [7, 11) is 1.65. The van der Waals surface area contributed by atoms with Crippen molar-refractivity contribution in [2.75, 3.05) is 31.6 Å². The monoisotopic (exact) mass is 635 g/mol. The van der Waals surface area contributed by atoms with Gasteiger partial charge in [-0.25, -0.2) is 14.8 Å². The van der Waals surface area contributed by atoms with Crippen molar-refractivity contribution in [3.8, 4) is 17.1 Å². The van der Waals surface area contributed by atoms with Gasteiger partial charge in [-0.05, 0) is 69.4 Å². The number of nitro benzene ring substituents is 1. The molecule has 0 spiro atoms. The van der Waals surface area contributed by atoms with Gasteiger partial charge in [0.25, 0.3) is 5.91 Å². The molecule has 0 aliphatic carbocycles. The van der Waals surface area contributed by atoms with Crippen LogP contribution < -0.4 is 15.4 Å². The van der Waals surface area contributed by atoms with Crippen molar-refractivity contribution in [1.82, 2.24) is 19.8 Å². The number of hydrogen-bond donors (Lipinski definition) is 1. The van der Waals surface area contributed by atoms with E-state index in [2.05, 4.69) is 9.97 Å². The first-order chi connectivity index (χ1) is 21.5. The van der Waals surface area contributed by atoms with E-state index < -0.39 is 23.0 Å². The van der Waals surface area contributed by atoms with Crippen molar-refractivity contribution in [1.29, 1.82) is 0 Å². The minimum Gasteiger partial charge on any atom is -0.485 e. The van der Waals surface area contributed by atoms with Gasteiger partial charge < -0.3 is 20.3 Å². The second-order valence-corrected chi connectivity index (χ2v) is 11.6. The van der Waals surface area contributed by atoms with E-state index in [1.165, 1.54) is 21.9 Å². The predicted octanol–water partition coefficient (Wildman–Crippen LogP) is 4.59. The zero-order chi connectivity index (χ0) is 32.2. The average Bonchev–Trinajstić information content (AvgIpc) is 3.49. The number of carbonyl (C=O) groups is 3. The number of anilines is 1. The third-order valence-electron chi connectivity index (χ3n) is 8.09. The molecule has 4 heterocycles. The second kappa shape index (κ2) is 13.5. The van der Waals surface area contributed by atoms with Crippen molar-refractivity contribution in [2.24, 2.45) is 5.73 Å². The number of benzene rings is 2. The molecule has 1 fully saturated rings. The number of nitrogens with zero attached hydrogens (tertiary/aromatic N) is 6. The number of carbonyl (C=O) groups excluding carboxylic acids is 3. The lowest BCUT2D eigenvalue weighted by atomic mass is 10.0. The topological polar surface area (TPSA) is 165 Å². The highest BCUT2D eigenvalue weighted by Crippen LogP contribution is 2.34. The molecule has 45 heavy (non-hydrogen) atoms. The van der Waals surface area contributed by atoms with E-state index >= 15 is 0 Å². The number of aryl methyl sites for hydroxylation is 1. The lowest BCUT2D eigenvalue weighted by molar-refractivity contribution is -0.385. The Morgan fingerprint density at radius 2 is 1.87 bits per heavy atom. The molecule has 0 radical (unpaired) electrons. The molecular weight excluding hydrogens is 602 g/mol. The zero-order valence-electron chi connectivity index (χ0n) is 25.0. The Morgan fingerprint density at radius 3 is 2.60 bits per heavy atom. The van der Waals surface area contributed by atoms with Gasteiger partial charge in [-0.15, -0.1) is 0 Å². The lowest BCUT2D eigenvalue weighted by Gasteiger charge is -2.35. The van der Waals surface area contributed by atoms with Gasteiger partial charge in [0.15, 0.2) is 11.6 Å². The first-order valence-electron chi connectivity index (χ1n) is 14.7. The van der Waals surface area contributed by atoms with Crippen LogP contribution in [0.1, 0.15) is 48.3 Å². The molecule has 236 valence electrons. The Labute approximate surface area is 265 Å². The number of fused-ring (bicyclic) bond motifs is 10. The van der Waals surface area contributed by atoms with Crippen molar-refractivity contribution in [3.63, 3.8) is 0 Å². The van der Waals surface area contributed by atoms with Crippen LogP contribution in [0, 0.1) is 17.0 Å². The molecule has 1 aromatic heterocycles. The predicted molar refractivity (Wildman–Crippen MR) is 167 cm³/mol. The molecule has 13 nitrogen and oxygen atoms in total. The van der Waals surface area contributed by atoms with Gasteiger partial charge >= 0.3 is 11.7 Å². The standard InChI is InChI=1S/C31H34ClN7O6/c1-19-16-23-29(40)36(2)14-6-5-11-25(38(31(33)42)24-10-4-3-9-22(24)32)30(41)37-15-7-8-21(37)18-45-27-13-12-20(28(34-19)35-23)17-26(27)39(43)44/h3-4,9-10,12-13,16-17,21,25H,5-8,11,14-15,18H2,1-2H3,(H2,33,42)/t21-,25-/m0/s1. The molecule has 0 saturated carbocycles. The fraction of sp³-hybridized carbons (Fsp3) is 0.387. The highest BCUT2D eigenvalue weighted by Gasteiger charge is 2.39. The molecule has 1 saturated heterocycles. The fourth-order valence-corrected chi connectivity index (χ4v) is 6.07. The fourth-order valence-electron chi connectivity index (χ4n) is 5.84. The Morgan fingerprint density at radius 1 is 1.09 bits per heavy atom. The van der Waals surface area contributed by atoms with E-state index in [1.807, 2.05) is 0 Å². The average molecular weight is 636 g/mol. The normalized spacial score (nSPS) is 19.3. The molecule has 6 rings (SSSR count). The lowest BCUT2D eigenvalue weighted by Crippen LogP contribution is -2.54. The van der Waals surface area contributed by atoms with Crippen LogP contribution in [0.25, 0.3) is 11.4 Å². The number of para-hydroxylation sites is 1. The molecule has 2 aromatic carbocycles. The summed E-state index contributed by atoms with van der Waals surface area (Å²) in [5.74, 6) is -0.470. The maximum Gasteiger partial charge on any atom is 0.320 e. The number of hydrogen-bond acceptors (Lipinski definition) is 8. The van der Waals surface area contributed by atoms with Crippen LogP contribution >= 0.6 is 11.6 Å². The van der Waals surface area contributed by atoms with Crippen LogP contribution in [0.4, 0.5) is 16.2 Å². The third kappa shape index (κ3) is 6.83. The summed E-state index contributed by atoms with van der Waals surface area (Å²) in [5.41, 5.74) is 6.92. The molecule has 3 aromatic rings. The minimum atomic E-state index is -0.980. The summed E-state index contributed by atoms with van der Waals surface area (Å²) in [6.07, 6.45) is 2.57. The van der Waals surface area contributed by atoms with Gasteiger partial charge in [0.2, 0.25) is 5.91 Å². The molecule has 3 aliphatic rings. The van der Waals surface area contributed by atoms with Crippen LogP contribution in [0.2, 0.25) is 5.02 Å². The Kier molecular flexibility index (Phi) is 9.47. The van der Waals surface area contributed by atoms with Crippen molar-refractivity contribution in [3.05, 3.63) is 75.1 Å². The minimum absolute atomic E-state index is 0.00566. The highest BCUT2D eigenvalue weighted by molar-refractivity contribution is 6.34. The van der Waals surface area contributed by atoms with Crippen molar-refractivity contribution >= 4 is 40.8 Å². The summed E-state index contributed by atoms with van der Waals surface area (Å²) in [6.45, 7) is 2.49. The number of halogens is 1. The summed E-state index contributed by atoms with van der Waals surface area (Å²) >= 11 is 6.46. The van der Waals surface area contributed by atoms with E-state index in [4.69, 9.17) is 22.1 Å². The molecule has 4 amide bonds. The van der Waals surface area contributed by atoms with E-state index in [0.717, 1.165) is 0 Å². The van der Waals surface area contributed by atoms with Gasteiger partial charge in [-0.1, -0.05) is 23.7 Å². The van der Waals surface area contributed by atoms with Gasteiger partial charge in [-0.2, -0.15) is 0 Å². The SMILES string of the molecule is Cc1cc2nc(n1)-c1ccc(c([N+](=O)[O-])c1)OC[C@@H]1CCCN1C(=O)[C@@H](N(C(N)=O)c1ccccc1Cl)CCCCN(C)C2=O. The van der Waals surface area contributed by atoms with Crippen LogP contribution in [0.15, 0.2) is 48.5 Å². The number of nitrogens with two attached hydrogens (primary N) is 1. The van der Waals surface area contributed by atoms with Crippen molar-refractivity contribution < 1.29 is 24.0 Å². The quantitative estimate of drug-likeness (QED) is 0.322. The number of primary amides is 1. The van der Waals surface area contributed by atoms with Gasteiger partial charge in [0.1, 0.15) is 18.3 Å². The van der Waals surface area contributed by atoms with Gasteiger partial charge in [0.05, 0.1) is 21.7 Å². The first kappa shape index (κ1) is 31.6. The smallest absolute Gasteiger partial charge is 0.320 e. The number of amides is 4. The summed E-state index contributed by atoms with van der Waals surface area (Å²) in [5, 5.41) is 12.3. The number of aromatic nitrogens is 2. The van der Waals surface area contributed by atoms with Crippen LogP contribution in [0.5, 0.6) is 5.75 Å². The van der Waals surface area contributed by atoms with E-state index in [9.17, 15) is 24.5 Å². The van der Waals surface area contributed by atoms with Crippen LogP contribution in [-0.2, 0) is 4.79 Å². The molecule has 2 N–H and O–H groups in total. The number of ether oxygens (including phenoxy) is 1. The Balaban J connectivity index is 1.55. The zero-order valence-corrected chi connectivity index (χ0v) is 25.8. The maximum atomic E-state index is 14.2. The van der Waals surface area contributed by atoms with Gasteiger partial charge in [0, 0.05) is 37.5 Å². The largest absolute Gasteiger partial charge is 0.485 e. The number of nitro groups is 1. The Hall–Kier alpha value is -4.78. The van der Waals surface area contributed by atoms with Crippen LogP contribution in [-0.4, -0.2) is 81.4 Å². The number of urea groups is 1. The molecular formula is C31H34ClN7O6. The van der Waals surface area contributed by atoms with Crippen molar-refractivity contribution in [2.45, 2.75) is 51.1 Å². The second-order valence-electron chi connectivity index (χ2n) is 11.2. The molecule has 3 aliphatic heterocycles. The van der Waals surface area contributed by atoms with E-state index in [1.54, 1.807) is 55.3 Å². The first-order valence-corrected chi connectivity index (χ1v) is 15.1. The van der Waals surface area contributed by atoms with E-state index in [0.29, 0.717) is 55.7 Å². The Bertz CT molecular complexity index is 1640. The summed E-state index contributed by atoms with van der Waals surface area (Å²) in [6, 6.07) is 10.4. The molecule has 4 bridgehead atoms. The maximum absolute atomic E-state index is 14.2. The van der Waals surface area contributed by atoms with Gasteiger partial charge in [-0.3, -0.25) is 24.6 Å². The third-order valence-corrected chi connectivity index (χ3v) is 8.41. The number of rotatable bonds is 3. The van der Waals surface area contributed by atoms with E-state index in [-0.39, 0.29) is 52.8 Å². The molecule has 0 unspecified atom stereocenters.